The Morgan fingerprint density at radius 3 is 2.18 bits per heavy atom. The first-order valence-electron chi connectivity index (χ1n) is 8.59. The topological polar surface area (TPSA) is 9.23 Å². The molecule has 1 fully saturated rings. The molecule has 0 N–H and O–H groups in total. The molecule has 0 amide bonds. The Bertz CT molecular complexity index is 639. The van der Waals surface area contributed by atoms with Crippen LogP contribution in [-0.4, -0.2) is 7.11 Å². The molecular weight excluding hydrogens is 268 g/mol. The standard InChI is InChI=1S/C21H24O/c1-22-17-11-9-16(10-12-17)19-14-13-18(15-5-4-6-15)20-7-2-3-8-21(19)20/h2-3,7-12,15,18-19H,4-6,13-14H2,1H3. The van der Waals surface area contributed by atoms with Gasteiger partial charge in [-0.2, -0.15) is 0 Å². The van der Waals surface area contributed by atoms with E-state index < -0.39 is 0 Å². The van der Waals surface area contributed by atoms with Gasteiger partial charge in [0.15, 0.2) is 0 Å². The summed E-state index contributed by atoms with van der Waals surface area (Å²) in [5, 5.41) is 0. The number of benzene rings is 2. The molecule has 2 aliphatic carbocycles. The van der Waals surface area contributed by atoms with Crippen molar-refractivity contribution in [2.75, 3.05) is 7.11 Å². The van der Waals surface area contributed by atoms with Gasteiger partial charge in [-0.05, 0) is 66.3 Å². The number of hydrogen-bond donors (Lipinski definition) is 0. The van der Waals surface area contributed by atoms with Crippen molar-refractivity contribution in [2.45, 2.75) is 43.9 Å². The normalized spacial score (nSPS) is 24.4. The molecule has 0 radical (unpaired) electrons. The Hall–Kier alpha value is -1.76. The molecule has 2 unspecified atom stereocenters. The van der Waals surface area contributed by atoms with Crippen molar-refractivity contribution in [1.29, 1.82) is 0 Å². The maximum atomic E-state index is 5.30. The zero-order valence-corrected chi connectivity index (χ0v) is 13.3. The van der Waals surface area contributed by atoms with E-state index in [0.29, 0.717) is 5.92 Å². The molecule has 2 aliphatic rings. The average Bonchev–Trinajstić information content (AvgIpc) is 2.54. The van der Waals surface area contributed by atoms with Gasteiger partial charge >= 0.3 is 0 Å². The smallest absolute Gasteiger partial charge is 0.118 e. The summed E-state index contributed by atoms with van der Waals surface area (Å²) >= 11 is 0. The highest BCUT2D eigenvalue weighted by Gasteiger charge is 2.34. The van der Waals surface area contributed by atoms with Crippen LogP contribution >= 0.6 is 0 Å². The first kappa shape index (κ1) is 13.9. The van der Waals surface area contributed by atoms with Gasteiger partial charge in [0.05, 0.1) is 7.11 Å². The number of fused-ring (bicyclic) bond motifs is 1. The third kappa shape index (κ3) is 2.33. The van der Waals surface area contributed by atoms with Gasteiger partial charge in [0, 0.05) is 5.92 Å². The minimum absolute atomic E-state index is 0.554. The summed E-state index contributed by atoms with van der Waals surface area (Å²) < 4.78 is 5.30. The van der Waals surface area contributed by atoms with Gasteiger partial charge in [0.1, 0.15) is 5.75 Å². The van der Waals surface area contributed by atoms with Crippen molar-refractivity contribution in [3.8, 4) is 5.75 Å². The SMILES string of the molecule is COc1ccc(C2CCC(C3CCC3)c3ccccc32)cc1. The van der Waals surface area contributed by atoms with E-state index in [0.717, 1.165) is 17.6 Å². The highest BCUT2D eigenvalue weighted by atomic mass is 16.5. The summed E-state index contributed by atoms with van der Waals surface area (Å²) in [7, 11) is 1.73. The van der Waals surface area contributed by atoms with Crippen molar-refractivity contribution < 1.29 is 4.74 Å². The summed E-state index contributed by atoms with van der Waals surface area (Å²) in [6.45, 7) is 0. The van der Waals surface area contributed by atoms with E-state index in [1.165, 1.54) is 37.7 Å². The Kier molecular flexibility index (Phi) is 3.65. The lowest BCUT2D eigenvalue weighted by molar-refractivity contribution is 0.239. The van der Waals surface area contributed by atoms with Gasteiger partial charge in [-0.25, -0.2) is 0 Å². The Balaban J connectivity index is 1.68. The number of hydrogen-bond acceptors (Lipinski definition) is 1. The van der Waals surface area contributed by atoms with Crippen LogP contribution in [0.15, 0.2) is 48.5 Å². The van der Waals surface area contributed by atoms with Crippen molar-refractivity contribution in [2.24, 2.45) is 5.92 Å². The van der Waals surface area contributed by atoms with E-state index in [-0.39, 0.29) is 0 Å². The molecular formula is C21H24O. The quantitative estimate of drug-likeness (QED) is 0.725. The summed E-state index contributed by atoms with van der Waals surface area (Å²) in [5.74, 6) is 3.25. The van der Waals surface area contributed by atoms with Crippen molar-refractivity contribution in [1.82, 2.24) is 0 Å². The molecule has 0 saturated heterocycles. The highest BCUT2D eigenvalue weighted by molar-refractivity contribution is 5.43. The maximum absolute atomic E-state index is 5.30. The van der Waals surface area contributed by atoms with Crippen LogP contribution in [0.5, 0.6) is 5.75 Å². The van der Waals surface area contributed by atoms with Crippen molar-refractivity contribution in [3.05, 3.63) is 65.2 Å². The average molecular weight is 292 g/mol. The van der Waals surface area contributed by atoms with E-state index in [9.17, 15) is 0 Å². The molecule has 0 bridgehead atoms. The van der Waals surface area contributed by atoms with Gasteiger partial charge in [0.25, 0.3) is 0 Å². The van der Waals surface area contributed by atoms with Crippen molar-refractivity contribution >= 4 is 0 Å². The predicted molar refractivity (Wildman–Crippen MR) is 90.6 cm³/mol. The van der Waals surface area contributed by atoms with Crippen LogP contribution in [-0.2, 0) is 0 Å². The molecule has 0 aliphatic heterocycles. The van der Waals surface area contributed by atoms with Gasteiger partial charge in [-0.15, -0.1) is 0 Å². The molecule has 1 saturated carbocycles. The molecule has 22 heavy (non-hydrogen) atoms. The largest absolute Gasteiger partial charge is 0.497 e. The zero-order chi connectivity index (χ0) is 14.9. The summed E-state index contributed by atoms with van der Waals surface area (Å²) in [6, 6.07) is 17.8. The maximum Gasteiger partial charge on any atom is 0.118 e. The zero-order valence-electron chi connectivity index (χ0n) is 13.3. The molecule has 2 aromatic carbocycles. The lowest BCUT2D eigenvalue weighted by Crippen LogP contribution is -2.25. The lowest BCUT2D eigenvalue weighted by atomic mass is 9.65. The predicted octanol–water partition coefficient (Wildman–Crippen LogP) is 5.50. The van der Waals surface area contributed by atoms with Gasteiger partial charge in [0.2, 0.25) is 0 Å². The van der Waals surface area contributed by atoms with E-state index in [2.05, 4.69) is 48.5 Å². The summed E-state index contributed by atoms with van der Waals surface area (Å²) in [5.41, 5.74) is 4.62. The van der Waals surface area contributed by atoms with E-state index in [1.807, 2.05) is 0 Å². The van der Waals surface area contributed by atoms with E-state index >= 15 is 0 Å². The van der Waals surface area contributed by atoms with Crippen LogP contribution in [0.4, 0.5) is 0 Å². The number of ether oxygens (including phenoxy) is 1. The molecule has 1 heteroatoms. The number of methoxy groups -OCH3 is 1. The fourth-order valence-corrected chi connectivity index (χ4v) is 4.34. The van der Waals surface area contributed by atoms with E-state index in [1.54, 1.807) is 18.2 Å². The molecule has 2 atom stereocenters. The third-order valence-corrected chi connectivity index (χ3v) is 5.77. The molecule has 0 heterocycles. The molecule has 4 rings (SSSR count). The minimum Gasteiger partial charge on any atom is -0.497 e. The second kappa shape index (κ2) is 5.79. The molecule has 0 aromatic heterocycles. The number of rotatable bonds is 3. The van der Waals surface area contributed by atoms with Crippen LogP contribution < -0.4 is 4.74 Å². The van der Waals surface area contributed by atoms with E-state index in [4.69, 9.17) is 4.74 Å². The Labute approximate surface area is 133 Å². The minimum atomic E-state index is 0.554. The molecule has 2 aromatic rings. The van der Waals surface area contributed by atoms with Crippen LogP contribution in [0.1, 0.15) is 60.6 Å². The first-order chi connectivity index (χ1) is 10.9. The monoisotopic (exact) mass is 292 g/mol. The summed E-state index contributed by atoms with van der Waals surface area (Å²) in [4.78, 5) is 0. The van der Waals surface area contributed by atoms with Gasteiger partial charge in [-0.3, -0.25) is 0 Å². The Morgan fingerprint density at radius 1 is 0.818 bits per heavy atom. The third-order valence-electron chi connectivity index (χ3n) is 5.77. The van der Waals surface area contributed by atoms with Crippen LogP contribution in [0.25, 0.3) is 0 Å². The fraction of sp³-hybridized carbons (Fsp3) is 0.429. The first-order valence-corrected chi connectivity index (χ1v) is 8.59. The molecule has 114 valence electrons. The second-order valence-electron chi connectivity index (χ2n) is 6.83. The summed E-state index contributed by atoms with van der Waals surface area (Å²) in [6.07, 6.45) is 6.94. The van der Waals surface area contributed by atoms with Gasteiger partial charge in [-0.1, -0.05) is 42.8 Å². The van der Waals surface area contributed by atoms with Crippen LogP contribution in [0, 0.1) is 5.92 Å². The molecule has 1 nitrogen and oxygen atoms in total. The lowest BCUT2D eigenvalue weighted by Gasteiger charge is -2.40. The fourth-order valence-electron chi connectivity index (χ4n) is 4.34. The van der Waals surface area contributed by atoms with Crippen LogP contribution in [0.2, 0.25) is 0 Å². The molecule has 0 spiro atoms. The highest BCUT2D eigenvalue weighted by Crippen LogP contribution is 2.49. The van der Waals surface area contributed by atoms with Crippen molar-refractivity contribution in [3.63, 3.8) is 0 Å². The van der Waals surface area contributed by atoms with Crippen LogP contribution in [0.3, 0.4) is 0 Å². The second-order valence-corrected chi connectivity index (χ2v) is 6.83. The Morgan fingerprint density at radius 2 is 1.55 bits per heavy atom. The van der Waals surface area contributed by atoms with Gasteiger partial charge < -0.3 is 4.74 Å².